The Kier molecular flexibility index (Phi) is 4.58. The number of nitrogens with zero attached hydrogens (tertiary/aromatic N) is 2. The molecule has 1 aromatic rings. The molecule has 1 aliphatic rings. The lowest BCUT2D eigenvalue weighted by molar-refractivity contribution is 0.0544. The zero-order valence-electron chi connectivity index (χ0n) is 12.5. The largest absolute Gasteiger partial charge is 0.423 e. The summed E-state index contributed by atoms with van der Waals surface area (Å²) in [7, 11) is 0. The van der Waals surface area contributed by atoms with Gasteiger partial charge in [-0.3, -0.25) is 0 Å². The number of hydrogen-bond acceptors (Lipinski definition) is 5. The van der Waals surface area contributed by atoms with Gasteiger partial charge in [-0.1, -0.05) is 13.8 Å². The first kappa shape index (κ1) is 14.5. The van der Waals surface area contributed by atoms with E-state index in [1.807, 2.05) is 6.92 Å². The lowest BCUT2D eigenvalue weighted by Crippen LogP contribution is -2.19. The maximum absolute atomic E-state index is 5.85. The van der Waals surface area contributed by atoms with Gasteiger partial charge in [-0.05, 0) is 39.7 Å². The summed E-state index contributed by atoms with van der Waals surface area (Å²) < 4.78 is 11.7. The van der Waals surface area contributed by atoms with Crippen LogP contribution >= 0.6 is 0 Å². The van der Waals surface area contributed by atoms with Crippen LogP contribution in [0.25, 0.3) is 0 Å². The van der Waals surface area contributed by atoms with Gasteiger partial charge in [0.1, 0.15) is 0 Å². The Bertz CT molecular complexity index is 407. The lowest BCUT2D eigenvalue weighted by Gasteiger charge is -2.13. The summed E-state index contributed by atoms with van der Waals surface area (Å²) in [4.78, 5) is 0. The van der Waals surface area contributed by atoms with Crippen LogP contribution in [0.15, 0.2) is 4.42 Å². The fourth-order valence-electron chi connectivity index (χ4n) is 2.70. The molecule has 19 heavy (non-hydrogen) atoms. The molecule has 0 aliphatic carbocycles. The van der Waals surface area contributed by atoms with Crippen molar-refractivity contribution in [2.24, 2.45) is 5.92 Å². The van der Waals surface area contributed by atoms with Gasteiger partial charge in [-0.25, -0.2) is 0 Å². The zero-order chi connectivity index (χ0) is 14.0. The van der Waals surface area contributed by atoms with Gasteiger partial charge in [0, 0.05) is 0 Å². The fourth-order valence-corrected chi connectivity index (χ4v) is 2.70. The third kappa shape index (κ3) is 2.98. The molecule has 5 nitrogen and oxygen atoms in total. The molecule has 2 heterocycles. The maximum atomic E-state index is 5.85. The van der Waals surface area contributed by atoms with Crippen molar-refractivity contribution in [2.45, 2.75) is 65.2 Å². The molecule has 1 aliphatic heterocycles. The molecule has 1 fully saturated rings. The van der Waals surface area contributed by atoms with Gasteiger partial charge in [0.15, 0.2) is 0 Å². The van der Waals surface area contributed by atoms with E-state index in [4.69, 9.17) is 9.15 Å². The molecular formula is C14H25N3O2. The summed E-state index contributed by atoms with van der Waals surface area (Å²) in [6.45, 7) is 11.5. The van der Waals surface area contributed by atoms with Crippen molar-refractivity contribution >= 4 is 0 Å². The fraction of sp³-hybridized carbons (Fsp3) is 0.857. The van der Waals surface area contributed by atoms with Gasteiger partial charge in [0.2, 0.25) is 11.8 Å². The number of hydrogen-bond donors (Lipinski definition) is 1. The van der Waals surface area contributed by atoms with Gasteiger partial charge in [0.25, 0.3) is 0 Å². The summed E-state index contributed by atoms with van der Waals surface area (Å²) in [5.74, 6) is 1.99. The van der Waals surface area contributed by atoms with Crippen LogP contribution in [0.4, 0.5) is 0 Å². The first-order valence-corrected chi connectivity index (χ1v) is 7.26. The lowest BCUT2D eigenvalue weighted by atomic mass is 9.89. The summed E-state index contributed by atoms with van der Waals surface area (Å²) in [5.41, 5.74) is 0. The second kappa shape index (κ2) is 6.01. The molecule has 0 spiro atoms. The number of nitrogens with one attached hydrogen (secondary N) is 1. The predicted molar refractivity (Wildman–Crippen MR) is 72.9 cm³/mol. The van der Waals surface area contributed by atoms with Crippen molar-refractivity contribution in [3.8, 4) is 0 Å². The molecule has 5 unspecified atom stereocenters. The van der Waals surface area contributed by atoms with E-state index in [1.54, 1.807) is 0 Å². The molecule has 1 aromatic heterocycles. The van der Waals surface area contributed by atoms with Crippen LogP contribution in [-0.4, -0.2) is 29.0 Å². The van der Waals surface area contributed by atoms with Crippen molar-refractivity contribution in [1.82, 2.24) is 15.5 Å². The highest BCUT2D eigenvalue weighted by atomic mass is 16.5. The van der Waals surface area contributed by atoms with E-state index in [0.717, 1.165) is 13.0 Å². The Morgan fingerprint density at radius 3 is 2.53 bits per heavy atom. The van der Waals surface area contributed by atoms with Crippen LogP contribution in [0.5, 0.6) is 0 Å². The van der Waals surface area contributed by atoms with Crippen LogP contribution in [0.2, 0.25) is 0 Å². The summed E-state index contributed by atoms with van der Waals surface area (Å²) in [6, 6.07) is 0.103. The Labute approximate surface area is 115 Å². The maximum Gasteiger partial charge on any atom is 0.233 e. The molecule has 108 valence electrons. The molecule has 0 aromatic carbocycles. The van der Waals surface area contributed by atoms with E-state index in [0.29, 0.717) is 17.7 Å². The molecule has 0 amide bonds. The second-order valence-electron chi connectivity index (χ2n) is 5.59. The Morgan fingerprint density at radius 2 is 1.95 bits per heavy atom. The van der Waals surface area contributed by atoms with E-state index in [1.165, 1.54) is 0 Å². The number of aromatic nitrogens is 2. The minimum Gasteiger partial charge on any atom is -0.423 e. The molecule has 0 bridgehead atoms. The van der Waals surface area contributed by atoms with E-state index in [-0.39, 0.29) is 24.2 Å². The van der Waals surface area contributed by atoms with Crippen LogP contribution < -0.4 is 5.32 Å². The van der Waals surface area contributed by atoms with Crippen molar-refractivity contribution < 1.29 is 9.15 Å². The first-order valence-electron chi connectivity index (χ1n) is 7.26. The number of rotatable bonds is 5. The van der Waals surface area contributed by atoms with Gasteiger partial charge in [0.05, 0.1) is 24.2 Å². The highest BCUT2D eigenvalue weighted by Gasteiger charge is 2.41. The minimum absolute atomic E-state index is 0.103. The van der Waals surface area contributed by atoms with E-state index < -0.39 is 0 Å². The molecule has 2 rings (SSSR count). The quantitative estimate of drug-likeness (QED) is 0.888. The van der Waals surface area contributed by atoms with Crippen LogP contribution in [0, 0.1) is 5.92 Å². The monoisotopic (exact) mass is 267 g/mol. The van der Waals surface area contributed by atoms with Crippen LogP contribution in [-0.2, 0) is 4.74 Å². The summed E-state index contributed by atoms with van der Waals surface area (Å²) in [6.07, 6.45) is 1.47. The van der Waals surface area contributed by atoms with E-state index in [2.05, 4.69) is 43.2 Å². The molecule has 0 saturated carbocycles. The molecule has 5 heteroatoms. The molecular weight excluding hydrogens is 242 g/mol. The van der Waals surface area contributed by atoms with Crippen LogP contribution in [0.1, 0.15) is 64.8 Å². The Hall–Kier alpha value is -0.940. The zero-order valence-corrected chi connectivity index (χ0v) is 12.5. The Morgan fingerprint density at radius 1 is 1.21 bits per heavy atom. The van der Waals surface area contributed by atoms with Gasteiger partial charge in [-0.15, -0.1) is 10.2 Å². The minimum atomic E-state index is 0.103. The van der Waals surface area contributed by atoms with Gasteiger partial charge < -0.3 is 14.5 Å². The Balaban J connectivity index is 2.08. The average molecular weight is 267 g/mol. The third-order valence-electron chi connectivity index (χ3n) is 4.05. The first-order chi connectivity index (χ1) is 9.04. The molecule has 1 saturated heterocycles. The summed E-state index contributed by atoms with van der Waals surface area (Å²) >= 11 is 0. The molecule has 5 atom stereocenters. The molecule has 1 N–H and O–H groups in total. The normalized spacial score (nSPS) is 32.7. The SMILES string of the molecule is CCCNC(C)c1nnc(C2C(C)OC(C)C2C)o1. The van der Waals surface area contributed by atoms with Gasteiger partial charge in [-0.2, -0.15) is 0 Å². The summed E-state index contributed by atoms with van der Waals surface area (Å²) in [5, 5.41) is 11.8. The van der Waals surface area contributed by atoms with Crippen molar-refractivity contribution in [3.63, 3.8) is 0 Å². The van der Waals surface area contributed by atoms with E-state index >= 15 is 0 Å². The van der Waals surface area contributed by atoms with E-state index in [9.17, 15) is 0 Å². The van der Waals surface area contributed by atoms with Crippen LogP contribution in [0.3, 0.4) is 0 Å². The smallest absolute Gasteiger partial charge is 0.233 e. The number of ether oxygens (including phenoxy) is 1. The highest BCUT2D eigenvalue weighted by Crippen LogP contribution is 2.39. The second-order valence-corrected chi connectivity index (χ2v) is 5.59. The topological polar surface area (TPSA) is 60.2 Å². The third-order valence-corrected chi connectivity index (χ3v) is 4.05. The average Bonchev–Trinajstić information content (AvgIpc) is 2.93. The standard InChI is InChI=1S/C14H25N3O2/c1-6-7-15-9(3)13-16-17-14(19-13)12-8(2)10(4)18-11(12)5/h8-12,15H,6-7H2,1-5H3. The molecule has 0 radical (unpaired) electrons. The van der Waals surface area contributed by atoms with Gasteiger partial charge >= 0.3 is 0 Å². The van der Waals surface area contributed by atoms with Crippen molar-refractivity contribution in [1.29, 1.82) is 0 Å². The van der Waals surface area contributed by atoms with Crippen molar-refractivity contribution in [2.75, 3.05) is 6.54 Å². The predicted octanol–water partition coefficient (Wildman–Crippen LogP) is 2.66. The van der Waals surface area contributed by atoms with Crippen molar-refractivity contribution in [3.05, 3.63) is 11.8 Å². The highest BCUT2D eigenvalue weighted by molar-refractivity contribution is 5.03.